The number of piperidine rings is 2. The van der Waals surface area contributed by atoms with Crippen LogP contribution in [0.15, 0.2) is 0 Å². The second-order valence-electron chi connectivity index (χ2n) is 27.1. The Balaban J connectivity index is 0.000000219. The number of hydrogen-bond donors (Lipinski definition) is 3. The molecule has 8 fully saturated rings. The van der Waals surface area contributed by atoms with Crippen molar-refractivity contribution in [3.8, 4) is 0 Å². The normalized spacial score (nSPS) is 46.0. The van der Waals surface area contributed by atoms with E-state index in [1.54, 1.807) is 7.11 Å². The summed E-state index contributed by atoms with van der Waals surface area (Å²) in [5.41, 5.74) is -3.60. The Bertz CT molecular complexity index is 2140. The number of nitrogens with one attached hydrogen (secondary N) is 2. The largest absolute Gasteiger partial charge is 0.445 e. The molecule has 4 amide bonds. The first-order valence-corrected chi connectivity index (χ1v) is 28.9. The summed E-state index contributed by atoms with van der Waals surface area (Å²) < 4.78 is 46.1. The minimum absolute atomic E-state index is 0.0261. The minimum atomic E-state index is -0.953. The number of amides is 4. The molecule has 0 aromatic heterocycles. The fraction of sp³-hybridized carbons (Fsp3) is 0.898. The number of methoxy groups -OCH3 is 1. The van der Waals surface area contributed by atoms with Gasteiger partial charge in [-0.05, 0) is 156 Å². The summed E-state index contributed by atoms with van der Waals surface area (Å²) >= 11 is 0. The number of rotatable bonds is 9. The zero-order valence-corrected chi connectivity index (χ0v) is 48.0. The van der Waals surface area contributed by atoms with Gasteiger partial charge in [0.1, 0.15) is 23.8 Å². The van der Waals surface area contributed by atoms with Gasteiger partial charge in [0.2, 0.25) is 11.8 Å². The lowest BCUT2D eigenvalue weighted by Crippen LogP contribution is -2.63. The number of hydrogen-bond acceptors (Lipinski definition) is 12. The van der Waals surface area contributed by atoms with E-state index in [4.69, 9.17) is 14.2 Å². The SMILES string of the molecule is CO[C@@H]1CCC23CC[C@@H](C)[C@](C)(C12)[C@H](OC(=O)NC(=O)[C@H]1CN(C)CC[C@@H]1C)C[C@@](C)(CCF)C(=O)[C@@H]3C.C[C@@H]1CCC23CCC(=O)C2[C@]1(C)[C@H](OC(=O)NC(=O)[C@H]1CN(C)CC[C@@H]1C)C[C@@](C)(CCF)[C@@H](O)[C@@H]3C. The molecule has 3 N–H and O–H groups in total. The van der Waals surface area contributed by atoms with Crippen LogP contribution in [0.1, 0.15) is 159 Å². The number of ether oxygens (including phenoxy) is 3. The highest BCUT2D eigenvalue weighted by Crippen LogP contribution is 2.70. The highest BCUT2D eigenvalue weighted by Gasteiger charge is 2.70. The Morgan fingerprint density at radius 1 is 0.680 bits per heavy atom. The fourth-order valence-electron chi connectivity index (χ4n) is 17.8. The molecule has 16 heteroatoms. The third kappa shape index (κ3) is 10.5. The van der Waals surface area contributed by atoms with E-state index in [-0.39, 0.29) is 120 Å². The molecule has 2 aliphatic heterocycles. The molecule has 0 radical (unpaired) electrons. The number of aliphatic hydroxyl groups excluding tert-OH is 1. The fourth-order valence-corrected chi connectivity index (χ4v) is 17.8. The first kappa shape index (κ1) is 59.6. The molecule has 6 saturated carbocycles. The van der Waals surface area contributed by atoms with Crippen molar-refractivity contribution >= 4 is 35.6 Å². The van der Waals surface area contributed by atoms with E-state index in [0.29, 0.717) is 25.9 Å². The topological polar surface area (TPSA) is 181 Å². The second-order valence-corrected chi connectivity index (χ2v) is 27.1. The van der Waals surface area contributed by atoms with Crippen LogP contribution in [0.5, 0.6) is 0 Å². The molecule has 0 spiro atoms. The molecule has 75 heavy (non-hydrogen) atoms. The van der Waals surface area contributed by atoms with Gasteiger partial charge in [-0.25, -0.2) is 9.59 Å². The first-order chi connectivity index (χ1) is 35.1. The van der Waals surface area contributed by atoms with Gasteiger partial charge in [0.05, 0.1) is 37.4 Å². The van der Waals surface area contributed by atoms with Crippen molar-refractivity contribution in [3.63, 3.8) is 0 Å². The highest BCUT2D eigenvalue weighted by atomic mass is 19.1. The smallest absolute Gasteiger partial charge is 0.414 e. The van der Waals surface area contributed by atoms with E-state index in [2.05, 4.69) is 48.1 Å². The zero-order chi connectivity index (χ0) is 55.4. The van der Waals surface area contributed by atoms with Crippen molar-refractivity contribution < 1.29 is 56.9 Å². The lowest BCUT2D eigenvalue weighted by atomic mass is 9.43. The number of alkyl carbamates (subject to hydrolysis) is 2. The molecule has 20 atom stereocenters. The number of likely N-dealkylation sites (tertiary alicyclic amines) is 2. The first-order valence-electron chi connectivity index (χ1n) is 28.9. The summed E-state index contributed by atoms with van der Waals surface area (Å²) in [6, 6.07) is 0. The number of nitrogens with zero attached hydrogens (tertiary/aromatic N) is 2. The van der Waals surface area contributed by atoms with Gasteiger partial charge in [-0.3, -0.25) is 38.6 Å². The third-order valence-electron chi connectivity index (χ3n) is 23.3. The molecule has 6 aliphatic carbocycles. The summed E-state index contributed by atoms with van der Waals surface area (Å²) in [6.45, 7) is 22.2. The molecule has 2 saturated heterocycles. The van der Waals surface area contributed by atoms with E-state index in [1.165, 1.54) is 0 Å². The van der Waals surface area contributed by atoms with Crippen LogP contribution in [0.2, 0.25) is 0 Å². The maximum Gasteiger partial charge on any atom is 0.414 e. The average molecular weight is 1060 g/mol. The van der Waals surface area contributed by atoms with E-state index in [0.717, 1.165) is 64.5 Å². The van der Waals surface area contributed by atoms with Crippen LogP contribution in [0.4, 0.5) is 18.4 Å². The molecular formula is C59H96F2N4O10. The van der Waals surface area contributed by atoms with Gasteiger partial charge in [-0.1, -0.05) is 69.2 Å². The molecule has 8 rings (SSSR count). The summed E-state index contributed by atoms with van der Waals surface area (Å²) in [7, 11) is 5.68. The minimum Gasteiger partial charge on any atom is -0.445 e. The van der Waals surface area contributed by atoms with E-state index >= 15 is 0 Å². The van der Waals surface area contributed by atoms with Gasteiger partial charge in [0.15, 0.2) is 0 Å². The molecule has 8 aliphatic rings. The lowest BCUT2D eigenvalue weighted by molar-refractivity contribution is -0.199. The van der Waals surface area contributed by atoms with Crippen LogP contribution >= 0.6 is 0 Å². The summed E-state index contributed by atoms with van der Waals surface area (Å²) in [5.74, 6) is -1.12. The maximum absolute atomic E-state index is 14.1. The van der Waals surface area contributed by atoms with Crippen molar-refractivity contribution in [1.29, 1.82) is 0 Å². The number of carbonyl (C=O) groups excluding carboxylic acids is 6. The quantitative estimate of drug-likeness (QED) is 0.199. The predicted molar refractivity (Wildman–Crippen MR) is 281 cm³/mol. The average Bonchev–Trinajstić information content (AvgIpc) is 3.93. The number of alkyl halides is 2. The van der Waals surface area contributed by atoms with Crippen LogP contribution in [-0.2, 0) is 33.4 Å². The van der Waals surface area contributed by atoms with Gasteiger partial charge in [-0.2, -0.15) is 0 Å². The molecule has 4 unspecified atom stereocenters. The highest BCUT2D eigenvalue weighted by molar-refractivity contribution is 5.94. The molecule has 0 aromatic carbocycles. The summed E-state index contributed by atoms with van der Waals surface area (Å²) in [4.78, 5) is 84.6. The number of ketones is 2. The van der Waals surface area contributed by atoms with Crippen LogP contribution in [-0.4, -0.2) is 136 Å². The van der Waals surface area contributed by atoms with Gasteiger partial charge < -0.3 is 29.1 Å². The summed E-state index contributed by atoms with van der Waals surface area (Å²) in [5, 5.41) is 16.7. The van der Waals surface area contributed by atoms with Crippen LogP contribution in [0.25, 0.3) is 0 Å². The molecule has 2 heterocycles. The Hall–Kier alpha value is -3.08. The Kier molecular flexibility index (Phi) is 17.9. The van der Waals surface area contributed by atoms with E-state index < -0.39 is 70.9 Å². The number of Topliss-reactive ketones (excluding diaryl/α,β-unsaturated/α-hetero) is 2. The Morgan fingerprint density at radius 3 is 1.69 bits per heavy atom. The lowest BCUT2D eigenvalue weighted by Gasteiger charge is -2.62. The number of carbonyl (C=O) groups is 6. The molecule has 4 bridgehead atoms. The van der Waals surface area contributed by atoms with Gasteiger partial charge in [0, 0.05) is 60.6 Å². The van der Waals surface area contributed by atoms with Crippen LogP contribution in [0.3, 0.4) is 0 Å². The summed E-state index contributed by atoms with van der Waals surface area (Å²) in [6.07, 6.45) is 5.10. The van der Waals surface area contributed by atoms with Crippen molar-refractivity contribution in [3.05, 3.63) is 0 Å². The number of imide groups is 2. The number of aliphatic hydroxyl groups is 1. The standard InChI is InChI=1S/C30H49FN2O5.C29H47FN2O5/c1-18-10-15-33(6)17-21(18)26(35)32-27(36)38-23-16-28(4,13-14-31)25(34)20(3)30-11-8-19(2)29(23,5)24(30)22(37-7)9-12-30;1-17-9-14-32(6)16-20(17)25(35)31-26(36)37-22-15-27(4,12-13-30)24(34)19(3)29-10-7-18(2)28(22,5)23(29)21(33)8-11-29/h18-24H,8-17H2,1-7H3,(H,32,35,36);17-20,22-24,34H,7-16H2,1-6H3,(H,31,35,36)/t18-,19+,20-,21-,22+,23+,24?,28+,29-,30?;17-,18+,19-,20-,22+,23?,24-,27+,28-,29?/m00/s1. The zero-order valence-electron chi connectivity index (χ0n) is 48.0. The van der Waals surface area contributed by atoms with E-state index in [1.807, 2.05) is 55.6 Å². The molecule has 426 valence electrons. The van der Waals surface area contributed by atoms with Crippen molar-refractivity contribution in [2.75, 3.05) is 60.7 Å². The van der Waals surface area contributed by atoms with Crippen molar-refractivity contribution in [1.82, 2.24) is 20.4 Å². The van der Waals surface area contributed by atoms with Crippen LogP contribution in [0, 0.1) is 91.7 Å². The third-order valence-corrected chi connectivity index (χ3v) is 23.3. The Labute approximate surface area is 447 Å². The van der Waals surface area contributed by atoms with Crippen LogP contribution < -0.4 is 10.6 Å². The predicted octanol–water partition coefficient (Wildman–Crippen LogP) is 9.38. The van der Waals surface area contributed by atoms with Gasteiger partial charge in [-0.15, -0.1) is 0 Å². The Morgan fingerprint density at radius 2 is 1.17 bits per heavy atom. The maximum atomic E-state index is 14.1. The van der Waals surface area contributed by atoms with Crippen molar-refractivity contribution in [2.24, 2.45) is 91.7 Å². The second kappa shape index (κ2) is 22.6. The van der Waals surface area contributed by atoms with Gasteiger partial charge >= 0.3 is 12.2 Å². The molecule has 14 nitrogen and oxygen atoms in total. The monoisotopic (exact) mass is 1060 g/mol. The van der Waals surface area contributed by atoms with Crippen molar-refractivity contribution in [2.45, 2.75) is 184 Å². The van der Waals surface area contributed by atoms with Gasteiger partial charge in [0.25, 0.3) is 0 Å². The molecule has 0 aromatic rings. The molecular weight excluding hydrogens is 963 g/mol. The number of halogens is 2. The van der Waals surface area contributed by atoms with E-state index in [9.17, 15) is 42.7 Å².